The number of nitriles is 2. The molecule has 0 bridgehead atoms. The summed E-state index contributed by atoms with van der Waals surface area (Å²) < 4.78 is 18.0. The highest BCUT2D eigenvalue weighted by atomic mass is 35.5. The van der Waals surface area contributed by atoms with E-state index < -0.39 is 28.9 Å². The molecule has 16 nitrogen and oxygen atoms in total. The highest BCUT2D eigenvalue weighted by molar-refractivity contribution is 6.31. The van der Waals surface area contributed by atoms with Gasteiger partial charge < -0.3 is 39.5 Å². The summed E-state index contributed by atoms with van der Waals surface area (Å²) in [5.74, 6) is 0.0680. The van der Waals surface area contributed by atoms with Crippen LogP contribution in [0.4, 0.5) is 5.82 Å². The highest BCUT2D eigenvalue weighted by Gasteiger charge is 2.64. The molecule has 66 heavy (non-hydrogen) atoms. The molecule has 1 saturated carbocycles. The lowest BCUT2D eigenvalue weighted by Gasteiger charge is -2.63. The second-order valence-corrected chi connectivity index (χ2v) is 19.4. The zero-order chi connectivity index (χ0) is 47.5. The summed E-state index contributed by atoms with van der Waals surface area (Å²) in [6.07, 6.45) is 0.658. The van der Waals surface area contributed by atoms with E-state index in [1.807, 2.05) is 26.8 Å². The lowest BCUT2D eigenvalue weighted by Crippen LogP contribution is -2.74. The number of hydrogen-bond acceptors (Lipinski definition) is 13. The highest BCUT2D eigenvalue weighted by Crippen LogP contribution is 2.55. The van der Waals surface area contributed by atoms with Gasteiger partial charge in [-0.3, -0.25) is 19.3 Å². The number of halogens is 1. The SMILES string of the molecule is CC(C)[C@H](C(=O)N1C[C@H](O)C[C@H]1C(=O)N[C@@H](C)c1ccc(C#N)cc1)c1cc(OCCN2CCN(c3ccc(C(=O)N[C@H]4C(C)(C)[C@H](Oc5ccc(C#N)c(Cl)c5)C4(C)C)cn3)CC2)no1. The molecule has 3 N–H and O–H groups in total. The lowest BCUT2D eigenvalue weighted by atomic mass is 9.49. The van der Waals surface area contributed by atoms with Gasteiger partial charge in [0.1, 0.15) is 42.3 Å². The zero-order valence-corrected chi connectivity index (χ0v) is 39.2. The van der Waals surface area contributed by atoms with Crippen molar-refractivity contribution in [2.24, 2.45) is 16.7 Å². The molecule has 2 aliphatic heterocycles. The van der Waals surface area contributed by atoms with Crippen LogP contribution in [0.25, 0.3) is 0 Å². The van der Waals surface area contributed by atoms with Crippen molar-refractivity contribution < 1.29 is 33.5 Å². The minimum atomic E-state index is -0.867. The van der Waals surface area contributed by atoms with Gasteiger partial charge in [0.25, 0.3) is 11.8 Å². The van der Waals surface area contributed by atoms with Crippen LogP contribution in [0.1, 0.15) is 99.7 Å². The molecule has 3 aliphatic rings. The van der Waals surface area contributed by atoms with Crippen molar-refractivity contribution in [2.75, 3.05) is 50.8 Å². The van der Waals surface area contributed by atoms with Gasteiger partial charge in [-0.1, -0.05) is 65.3 Å². The van der Waals surface area contributed by atoms with E-state index in [9.17, 15) is 24.8 Å². The Bertz CT molecular complexity index is 2460. The van der Waals surface area contributed by atoms with Crippen LogP contribution in [0, 0.1) is 39.4 Å². The first-order valence-corrected chi connectivity index (χ1v) is 22.8. The number of hydrogen-bond donors (Lipinski definition) is 3. The van der Waals surface area contributed by atoms with Crippen LogP contribution in [-0.2, 0) is 9.59 Å². The topological polar surface area (TPSA) is 210 Å². The van der Waals surface area contributed by atoms with E-state index in [4.69, 9.17) is 30.9 Å². The van der Waals surface area contributed by atoms with Crippen molar-refractivity contribution in [1.82, 2.24) is 30.6 Å². The van der Waals surface area contributed by atoms with Crippen LogP contribution in [0.3, 0.4) is 0 Å². The number of nitrogens with zero attached hydrogens (tertiary/aromatic N) is 7. The molecule has 1 aliphatic carbocycles. The first-order valence-electron chi connectivity index (χ1n) is 22.4. The number of anilines is 1. The molecule has 7 rings (SSSR count). The van der Waals surface area contributed by atoms with Crippen molar-refractivity contribution in [3.05, 3.63) is 99.9 Å². The average molecular weight is 921 g/mol. The Hall–Kier alpha value is -6.20. The minimum Gasteiger partial charge on any atom is -0.489 e. The number of carbonyl (C=O) groups excluding carboxylic acids is 3. The maximum Gasteiger partial charge on any atom is 0.254 e. The summed E-state index contributed by atoms with van der Waals surface area (Å²) in [6.45, 7) is 17.9. The largest absolute Gasteiger partial charge is 0.489 e. The van der Waals surface area contributed by atoms with Gasteiger partial charge >= 0.3 is 0 Å². The fourth-order valence-corrected chi connectivity index (χ4v) is 10.2. The molecule has 0 unspecified atom stereocenters. The van der Waals surface area contributed by atoms with E-state index in [1.165, 1.54) is 4.90 Å². The number of piperazine rings is 1. The summed E-state index contributed by atoms with van der Waals surface area (Å²) in [4.78, 5) is 51.6. The van der Waals surface area contributed by atoms with E-state index in [0.717, 1.165) is 37.6 Å². The van der Waals surface area contributed by atoms with E-state index in [2.05, 4.69) is 70.4 Å². The van der Waals surface area contributed by atoms with Crippen molar-refractivity contribution in [2.45, 2.75) is 91.1 Å². The second-order valence-electron chi connectivity index (χ2n) is 19.0. The Morgan fingerprint density at radius 1 is 0.970 bits per heavy atom. The van der Waals surface area contributed by atoms with Gasteiger partial charge in [-0.15, -0.1) is 0 Å². The van der Waals surface area contributed by atoms with Gasteiger partial charge in [0.15, 0.2) is 5.76 Å². The Kier molecular flexibility index (Phi) is 14.3. The van der Waals surface area contributed by atoms with E-state index >= 15 is 0 Å². The average Bonchev–Trinajstić information content (AvgIpc) is 3.93. The number of pyridine rings is 1. The number of likely N-dealkylation sites (tertiary alicyclic amines) is 1. The van der Waals surface area contributed by atoms with Crippen molar-refractivity contribution in [3.63, 3.8) is 0 Å². The molecule has 3 amide bonds. The zero-order valence-electron chi connectivity index (χ0n) is 38.5. The third kappa shape index (κ3) is 10.1. The third-order valence-corrected chi connectivity index (χ3v) is 13.6. The number of β-amino-alcohol motifs (C(OH)–C–C–N with tert-alkyl or cyclic N) is 1. The Morgan fingerprint density at radius 2 is 1.68 bits per heavy atom. The van der Waals surface area contributed by atoms with Gasteiger partial charge in [-0.05, 0) is 60.0 Å². The van der Waals surface area contributed by atoms with Crippen LogP contribution in [0.15, 0.2) is 71.4 Å². The van der Waals surface area contributed by atoms with Gasteiger partial charge in [-0.2, -0.15) is 10.5 Å². The van der Waals surface area contributed by atoms with Gasteiger partial charge in [0.2, 0.25) is 11.8 Å². The number of carbonyl (C=O) groups is 3. The maximum atomic E-state index is 14.1. The number of ether oxygens (including phenoxy) is 2. The molecule has 4 heterocycles. The first kappa shape index (κ1) is 47.8. The molecule has 4 atom stereocenters. The molecule has 17 heteroatoms. The molecular formula is C49H58ClN9O7. The second kappa shape index (κ2) is 19.7. The number of amides is 3. The molecule has 4 aromatic rings. The number of nitrogens with one attached hydrogen (secondary N) is 2. The predicted octanol–water partition coefficient (Wildman–Crippen LogP) is 5.86. The summed E-state index contributed by atoms with van der Waals surface area (Å²) in [6, 6.07) is 20.0. The lowest BCUT2D eigenvalue weighted by molar-refractivity contribution is -0.164. The molecule has 2 aromatic carbocycles. The number of benzene rings is 2. The summed E-state index contributed by atoms with van der Waals surface area (Å²) in [5, 5.41) is 39.6. The Balaban J connectivity index is 0.861. The molecule has 348 valence electrons. The number of aromatic nitrogens is 2. The normalized spacial score (nSPS) is 22.1. The van der Waals surface area contributed by atoms with Gasteiger partial charge in [0.05, 0.1) is 39.9 Å². The summed E-state index contributed by atoms with van der Waals surface area (Å²) in [7, 11) is 0. The van der Waals surface area contributed by atoms with E-state index in [-0.39, 0.29) is 60.7 Å². The van der Waals surface area contributed by atoms with Gasteiger partial charge in [0, 0.05) is 80.9 Å². The van der Waals surface area contributed by atoms with Crippen molar-refractivity contribution >= 4 is 35.1 Å². The Labute approximate surface area is 390 Å². The first-order chi connectivity index (χ1) is 31.4. The van der Waals surface area contributed by atoms with Crippen LogP contribution in [0.5, 0.6) is 11.6 Å². The molecule has 2 saturated heterocycles. The van der Waals surface area contributed by atoms with Crippen LogP contribution >= 0.6 is 11.6 Å². The number of rotatable bonds is 15. The predicted molar refractivity (Wildman–Crippen MR) is 246 cm³/mol. The summed E-state index contributed by atoms with van der Waals surface area (Å²) >= 11 is 6.25. The van der Waals surface area contributed by atoms with Gasteiger partial charge in [-0.25, -0.2) is 4.98 Å². The maximum absolute atomic E-state index is 14.1. The van der Waals surface area contributed by atoms with Crippen molar-refractivity contribution in [3.8, 4) is 23.8 Å². The molecule has 0 radical (unpaired) electrons. The fourth-order valence-electron chi connectivity index (χ4n) is 9.94. The molecule has 3 fully saturated rings. The smallest absolute Gasteiger partial charge is 0.254 e. The fraction of sp³-hybridized carbons (Fsp3) is 0.490. The van der Waals surface area contributed by atoms with Crippen molar-refractivity contribution in [1.29, 1.82) is 10.5 Å². The monoisotopic (exact) mass is 919 g/mol. The standard InChI is InChI=1S/C49H58ClN9O7/c1-29(2)42(45(63)59-28-35(60)22-38(59)44(62)54-30(3)32-10-8-31(25-51)9-11-32)39-24-41(56-66-39)64-21-20-57-16-18-58(19-17-57)40-15-13-34(27-53-40)43(61)55-46-48(4,5)47(49(46,6)7)65-36-14-12-33(26-52)37(50)23-36/h8-15,23-24,27,29-30,35,38,42,46-47,60H,16-22,28H2,1-7H3,(H,54,62)(H,55,61)/t30-,35+,38-,42-,46-,47-/m0/s1. The Morgan fingerprint density at radius 3 is 2.30 bits per heavy atom. The molecular weight excluding hydrogens is 862 g/mol. The van der Waals surface area contributed by atoms with Crippen LogP contribution < -0.4 is 25.0 Å². The number of aliphatic hydroxyl groups excluding tert-OH is 1. The van der Waals surface area contributed by atoms with Crippen LogP contribution in [0.2, 0.25) is 5.02 Å². The summed E-state index contributed by atoms with van der Waals surface area (Å²) in [5.41, 5.74) is 1.39. The van der Waals surface area contributed by atoms with E-state index in [1.54, 1.807) is 60.8 Å². The molecule has 0 spiro atoms. The third-order valence-electron chi connectivity index (χ3n) is 13.3. The van der Waals surface area contributed by atoms with Crippen LogP contribution in [-0.4, -0.2) is 113 Å². The quantitative estimate of drug-likeness (QED) is 0.128. The minimum absolute atomic E-state index is 0.0185. The molecule has 2 aromatic heterocycles. The van der Waals surface area contributed by atoms with E-state index in [0.29, 0.717) is 46.4 Å². The number of aliphatic hydroxyl groups is 1.